The van der Waals surface area contributed by atoms with Crippen LogP contribution in [0.4, 0.5) is 17.5 Å². The summed E-state index contributed by atoms with van der Waals surface area (Å²) in [6, 6.07) is 5.52. The van der Waals surface area contributed by atoms with E-state index in [1.165, 1.54) is 0 Å². The summed E-state index contributed by atoms with van der Waals surface area (Å²) in [7, 11) is 1.66. The van der Waals surface area contributed by atoms with Crippen molar-refractivity contribution in [3.63, 3.8) is 0 Å². The summed E-state index contributed by atoms with van der Waals surface area (Å²) in [6.07, 6.45) is 7.46. The lowest BCUT2D eigenvalue weighted by atomic mass is 10.2. The molecule has 158 valence electrons. The molecule has 1 aliphatic rings. The number of hydrogen-bond donors (Lipinski definition) is 3. The molecule has 1 aliphatic carbocycles. The number of aliphatic hydroxyl groups excluding tert-OH is 1. The number of methoxy groups -OCH3 is 1. The van der Waals surface area contributed by atoms with Crippen molar-refractivity contribution in [3.05, 3.63) is 46.5 Å². The van der Waals surface area contributed by atoms with Crippen LogP contribution in [0.3, 0.4) is 0 Å². The van der Waals surface area contributed by atoms with E-state index < -0.39 is 0 Å². The topological polar surface area (TPSA) is 114 Å². The first-order chi connectivity index (χ1) is 14.7. The maximum absolute atomic E-state index is 12.9. The van der Waals surface area contributed by atoms with Crippen LogP contribution in [-0.4, -0.2) is 44.9 Å². The van der Waals surface area contributed by atoms with Crippen LogP contribution in [0, 0.1) is 0 Å². The van der Waals surface area contributed by atoms with Gasteiger partial charge in [0.1, 0.15) is 11.5 Å². The molecule has 0 amide bonds. The van der Waals surface area contributed by atoms with Crippen molar-refractivity contribution in [2.24, 2.45) is 0 Å². The fourth-order valence-corrected chi connectivity index (χ4v) is 3.84. The number of hydrogen-bond acceptors (Lipinski definition) is 8. The lowest BCUT2D eigenvalue weighted by Crippen LogP contribution is -2.27. The van der Waals surface area contributed by atoms with E-state index in [1.807, 2.05) is 12.1 Å². The van der Waals surface area contributed by atoms with E-state index >= 15 is 0 Å². The number of fused-ring (bicyclic) bond motifs is 1. The Morgan fingerprint density at radius 3 is 2.77 bits per heavy atom. The van der Waals surface area contributed by atoms with Crippen molar-refractivity contribution in [2.75, 3.05) is 30.9 Å². The molecule has 3 N–H and O–H groups in total. The summed E-state index contributed by atoms with van der Waals surface area (Å²) < 4.78 is 6.75. The van der Waals surface area contributed by atoms with Gasteiger partial charge >= 0.3 is 0 Å². The molecule has 0 aliphatic heterocycles. The summed E-state index contributed by atoms with van der Waals surface area (Å²) in [5.74, 6) is 0.978. The molecule has 0 unspecified atom stereocenters. The van der Waals surface area contributed by atoms with E-state index in [4.69, 9.17) is 4.74 Å². The molecule has 1 fully saturated rings. The lowest BCUT2D eigenvalue weighted by molar-refractivity contribution is 0.211. The van der Waals surface area contributed by atoms with Gasteiger partial charge in [0.05, 0.1) is 25.1 Å². The van der Waals surface area contributed by atoms with Crippen molar-refractivity contribution in [1.82, 2.24) is 19.5 Å². The molecule has 30 heavy (non-hydrogen) atoms. The molecule has 4 rings (SSSR count). The first-order valence-corrected chi connectivity index (χ1v) is 10.2. The highest BCUT2D eigenvalue weighted by Gasteiger charge is 2.22. The molecule has 9 heteroatoms. The second-order valence-corrected chi connectivity index (χ2v) is 7.39. The summed E-state index contributed by atoms with van der Waals surface area (Å²) >= 11 is 0. The number of ether oxygens (including phenoxy) is 1. The van der Waals surface area contributed by atoms with Gasteiger partial charge in [0.15, 0.2) is 0 Å². The van der Waals surface area contributed by atoms with E-state index in [0.29, 0.717) is 36.1 Å². The minimum atomic E-state index is -0.295. The summed E-state index contributed by atoms with van der Waals surface area (Å²) in [5, 5.41) is 16.7. The molecule has 0 atom stereocenters. The molecule has 0 saturated heterocycles. The molecule has 1 saturated carbocycles. The number of rotatable bonds is 8. The van der Waals surface area contributed by atoms with Crippen LogP contribution in [0.1, 0.15) is 37.3 Å². The molecule has 0 bridgehead atoms. The molecule has 0 radical (unpaired) electrons. The fourth-order valence-electron chi connectivity index (χ4n) is 3.84. The van der Waals surface area contributed by atoms with Crippen LogP contribution >= 0.6 is 0 Å². The Morgan fingerprint density at radius 1 is 1.23 bits per heavy atom. The normalized spacial score (nSPS) is 14.3. The molecule has 3 aromatic rings. The maximum atomic E-state index is 12.9. The highest BCUT2D eigenvalue weighted by atomic mass is 16.5. The average Bonchev–Trinajstić information content (AvgIpc) is 3.29. The monoisotopic (exact) mass is 410 g/mol. The van der Waals surface area contributed by atoms with E-state index in [-0.39, 0.29) is 18.2 Å². The molecule has 3 aromatic heterocycles. The van der Waals surface area contributed by atoms with Crippen molar-refractivity contribution in [2.45, 2.75) is 38.3 Å². The SMILES string of the molecule is COCCNc1ccc(Nc2ncc3cc(CO)c(=O)n(C4CCCC4)c3n2)nc1. The number of nitrogens with one attached hydrogen (secondary N) is 2. The highest BCUT2D eigenvalue weighted by Crippen LogP contribution is 2.30. The Kier molecular flexibility index (Phi) is 6.20. The number of aliphatic hydroxyl groups is 1. The molecular weight excluding hydrogens is 384 g/mol. The van der Waals surface area contributed by atoms with Crippen molar-refractivity contribution in [1.29, 1.82) is 0 Å². The highest BCUT2D eigenvalue weighted by molar-refractivity contribution is 5.76. The number of pyridine rings is 2. The fraction of sp³-hybridized carbons (Fsp3) is 0.429. The van der Waals surface area contributed by atoms with Crippen LogP contribution in [0.15, 0.2) is 35.4 Å². The number of nitrogens with zero attached hydrogens (tertiary/aromatic N) is 4. The van der Waals surface area contributed by atoms with Crippen LogP contribution < -0.4 is 16.2 Å². The number of aromatic nitrogens is 4. The van der Waals surface area contributed by atoms with Gasteiger partial charge in [-0.05, 0) is 31.0 Å². The Morgan fingerprint density at radius 2 is 2.07 bits per heavy atom. The van der Waals surface area contributed by atoms with Crippen molar-refractivity contribution >= 4 is 28.5 Å². The van der Waals surface area contributed by atoms with Crippen LogP contribution in [0.2, 0.25) is 0 Å². The van der Waals surface area contributed by atoms with Gasteiger partial charge in [0, 0.05) is 36.8 Å². The average molecular weight is 410 g/mol. The van der Waals surface area contributed by atoms with E-state index in [2.05, 4.69) is 25.6 Å². The van der Waals surface area contributed by atoms with E-state index in [9.17, 15) is 9.90 Å². The summed E-state index contributed by atoms with van der Waals surface area (Å²) in [5.41, 5.74) is 1.67. The zero-order chi connectivity index (χ0) is 20.9. The van der Waals surface area contributed by atoms with Crippen molar-refractivity contribution in [3.8, 4) is 0 Å². The second kappa shape index (κ2) is 9.19. The quantitative estimate of drug-likeness (QED) is 0.486. The van der Waals surface area contributed by atoms with Gasteiger partial charge in [-0.15, -0.1) is 0 Å². The Labute approximate surface area is 174 Å². The zero-order valence-electron chi connectivity index (χ0n) is 17.0. The van der Waals surface area contributed by atoms with Gasteiger partial charge in [-0.1, -0.05) is 12.8 Å². The minimum absolute atomic E-state index is 0.102. The Hall–Kier alpha value is -3.04. The molecule has 9 nitrogen and oxygen atoms in total. The molecule has 3 heterocycles. The van der Waals surface area contributed by atoms with Gasteiger partial charge in [-0.2, -0.15) is 4.98 Å². The maximum Gasteiger partial charge on any atom is 0.258 e. The van der Waals surface area contributed by atoms with Gasteiger partial charge < -0.3 is 20.5 Å². The van der Waals surface area contributed by atoms with Crippen LogP contribution in [-0.2, 0) is 11.3 Å². The Bertz CT molecular complexity index is 1060. The summed E-state index contributed by atoms with van der Waals surface area (Å²) in [4.78, 5) is 26.3. The first-order valence-electron chi connectivity index (χ1n) is 10.2. The lowest BCUT2D eigenvalue weighted by Gasteiger charge is -2.17. The third-order valence-electron chi connectivity index (χ3n) is 5.35. The molecule has 0 spiro atoms. The number of anilines is 3. The summed E-state index contributed by atoms with van der Waals surface area (Å²) in [6.45, 7) is 1.02. The largest absolute Gasteiger partial charge is 0.391 e. The third kappa shape index (κ3) is 4.27. The van der Waals surface area contributed by atoms with E-state index in [1.54, 1.807) is 30.1 Å². The van der Waals surface area contributed by atoms with Gasteiger partial charge in [0.25, 0.3) is 5.56 Å². The van der Waals surface area contributed by atoms with Crippen molar-refractivity contribution < 1.29 is 9.84 Å². The standard InChI is InChI=1S/C21H26N6O3/c1-30-9-8-22-16-6-7-18(23-12-16)25-21-24-11-14-10-15(13-28)20(29)27(19(14)26-21)17-4-2-3-5-17/h6-7,10-12,17,22,28H,2-5,8-9,13H2,1H3,(H,23,24,25,26). The second-order valence-electron chi connectivity index (χ2n) is 7.39. The predicted molar refractivity (Wildman–Crippen MR) is 115 cm³/mol. The third-order valence-corrected chi connectivity index (χ3v) is 5.35. The van der Waals surface area contributed by atoms with Crippen LogP contribution in [0.5, 0.6) is 0 Å². The molecular formula is C21H26N6O3. The Balaban J connectivity index is 1.62. The first kappa shape index (κ1) is 20.2. The van der Waals surface area contributed by atoms with Gasteiger partial charge in [-0.25, -0.2) is 9.97 Å². The van der Waals surface area contributed by atoms with Crippen LogP contribution in [0.25, 0.3) is 11.0 Å². The minimum Gasteiger partial charge on any atom is -0.391 e. The molecule has 0 aromatic carbocycles. The van der Waals surface area contributed by atoms with Gasteiger partial charge in [-0.3, -0.25) is 9.36 Å². The smallest absolute Gasteiger partial charge is 0.258 e. The predicted octanol–water partition coefficient (Wildman–Crippen LogP) is 2.60. The zero-order valence-corrected chi connectivity index (χ0v) is 17.0. The van der Waals surface area contributed by atoms with Gasteiger partial charge in [0.2, 0.25) is 5.95 Å². The van der Waals surface area contributed by atoms with E-state index in [0.717, 1.165) is 36.8 Å².